The summed E-state index contributed by atoms with van der Waals surface area (Å²) >= 11 is 0. The van der Waals surface area contributed by atoms with Gasteiger partial charge in [-0.15, -0.1) is 0 Å². The van der Waals surface area contributed by atoms with Crippen molar-refractivity contribution < 1.29 is 15.0 Å². The molecule has 0 saturated heterocycles. The lowest BCUT2D eigenvalue weighted by Crippen LogP contribution is -2.20. The maximum Gasteiger partial charge on any atom is 0.303 e. The SMILES string of the molecule is Cc1ccccc1NCC(O)CCC(=O)O. The summed E-state index contributed by atoms with van der Waals surface area (Å²) in [5, 5.41) is 21.1. The van der Waals surface area contributed by atoms with E-state index in [0.717, 1.165) is 11.3 Å². The van der Waals surface area contributed by atoms with E-state index in [-0.39, 0.29) is 12.8 Å². The van der Waals surface area contributed by atoms with Crippen LogP contribution in [0.4, 0.5) is 5.69 Å². The van der Waals surface area contributed by atoms with E-state index in [1.807, 2.05) is 31.2 Å². The Morgan fingerprint density at radius 1 is 1.44 bits per heavy atom. The number of aliphatic carboxylic acids is 1. The summed E-state index contributed by atoms with van der Waals surface area (Å²) in [5.41, 5.74) is 2.07. The summed E-state index contributed by atoms with van der Waals surface area (Å²) in [7, 11) is 0. The second kappa shape index (κ2) is 6.12. The minimum absolute atomic E-state index is 0.00335. The highest BCUT2D eigenvalue weighted by atomic mass is 16.4. The number of hydrogen-bond acceptors (Lipinski definition) is 3. The number of rotatable bonds is 6. The minimum Gasteiger partial charge on any atom is -0.481 e. The van der Waals surface area contributed by atoms with Gasteiger partial charge in [0.05, 0.1) is 6.10 Å². The molecule has 1 rings (SSSR count). The van der Waals surface area contributed by atoms with Crippen molar-refractivity contribution in [2.24, 2.45) is 0 Å². The van der Waals surface area contributed by atoms with Crippen molar-refractivity contribution in [1.29, 1.82) is 0 Å². The molecule has 16 heavy (non-hydrogen) atoms. The van der Waals surface area contributed by atoms with Crippen LogP contribution in [-0.2, 0) is 4.79 Å². The zero-order valence-electron chi connectivity index (χ0n) is 9.31. The molecule has 3 N–H and O–H groups in total. The topological polar surface area (TPSA) is 69.6 Å². The van der Waals surface area contributed by atoms with Gasteiger partial charge in [0, 0.05) is 18.7 Å². The standard InChI is InChI=1S/C12H17NO3/c1-9-4-2-3-5-11(9)13-8-10(14)6-7-12(15)16/h2-5,10,13-14H,6-8H2,1H3,(H,15,16). The first-order valence-corrected chi connectivity index (χ1v) is 5.29. The van der Waals surface area contributed by atoms with Gasteiger partial charge in [0.15, 0.2) is 0 Å². The number of aryl methyl sites for hydroxylation is 1. The average molecular weight is 223 g/mol. The van der Waals surface area contributed by atoms with Gasteiger partial charge in [-0.05, 0) is 25.0 Å². The van der Waals surface area contributed by atoms with E-state index in [1.54, 1.807) is 0 Å². The molecule has 1 atom stereocenters. The van der Waals surface area contributed by atoms with Gasteiger partial charge in [0.2, 0.25) is 0 Å². The molecule has 88 valence electrons. The van der Waals surface area contributed by atoms with E-state index in [2.05, 4.69) is 5.32 Å². The van der Waals surface area contributed by atoms with Gasteiger partial charge >= 0.3 is 5.97 Å². The van der Waals surface area contributed by atoms with Crippen LogP contribution in [0, 0.1) is 6.92 Å². The van der Waals surface area contributed by atoms with Crippen LogP contribution in [0.25, 0.3) is 0 Å². The van der Waals surface area contributed by atoms with Gasteiger partial charge in [-0.1, -0.05) is 18.2 Å². The summed E-state index contributed by atoms with van der Waals surface area (Å²) in [4.78, 5) is 10.3. The number of nitrogens with one attached hydrogen (secondary N) is 1. The van der Waals surface area contributed by atoms with Crippen molar-refractivity contribution in [2.75, 3.05) is 11.9 Å². The molecular formula is C12H17NO3. The number of carboxylic acid groups (broad SMARTS) is 1. The molecule has 0 aliphatic carbocycles. The summed E-state index contributed by atoms with van der Waals surface area (Å²) in [6.45, 7) is 2.35. The van der Waals surface area contributed by atoms with Crippen molar-refractivity contribution in [3.8, 4) is 0 Å². The van der Waals surface area contributed by atoms with Crippen LogP contribution in [0.1, 0.15) is 18.4 Å². The maximum atomic E-state index is 10.3. The molecule has 0 radical (unpaired) electrons. The maximum absolute atomic E-state index is 10.3. The molecule has 0 aromatic heterocycles. The zero-order valence-corrected chi connectivity index (χ0v) is 9.31. The average Bonchev–Trinajstić information content (AvgIpc) is 2.25. The highest BCUT2D eigenvalue weighted by Crippen LogP contribution is 2.13. The molecule has 0 aliphatic rings. The van der Waals surface area contributed by atoms with E-state index >= 15 is 0 Å². The fourth-order valence-corrected chi connectivity index (χ4v) is 1.39. The molecule has 0 aliphatic heterocycles. The molecule has 1 aromatic carbocycles. The molecule has 0 fully saturated rings. The third-order valence-electron chi connectivity index (χ3n) is 2.36. The number of carboxylic acids is 1. The van der Waals surface area contributed by atoms with E-state index in [1.165, 1.54) is 0 Å². The van der Waals surface area contributed by atoms with Crippen molar-refractivity contribution in [1.82, 2.24) is 0 Å². The van der Waals surface area contributed by atoms with Gasteiger partial charge in [-0.3, -0.25) is 4.79 Å². The third-order valence-corrected chi connectivity index (χ3v) is 2.36. The Morgan fingerprint density at radius 2 is 2.12 bits per heavy atom. The second-order valence-electron chi connectivity index (χ2n) is 3.78. The van der Waals surface area contributed by atoms with Crippen molar-refractivity contribution >= 4 is 11.7 Å². The van der Waals surface area contributed by atoms with Crippen molar-refractivity contribution in [2.45, 2.75) is 25.9 Å². The molecule has 0 amide bonds. The zero-order chi connectivity index (χ0) is 12.0. The largest absolute Gasteiger partial charge is 0.481 e. The molecule has 0 heterocycles. The Hall–Kier alpha value is -1.55. The fourth-order valence-electron chi connectivity index (χ4n) is 1.39. The first-order chi connectivity index (χ1) is 7.59. The second-order valence-corrected chi connectivity index (χ2v) is 3.78. The Morgan fingerprint density at radius 3 is 2.75 bits per heavy atom. The normalized spacial score (nSPS) is 12.1. The van der Waals surface area contributed by atoms with Crippen LogP contribution in [0.15, 0.2) is 24.3 Å². The van der Waals surface area contributed by atoms with Gasteiger partial charge < -0.3 is 15.5 Å². The van der Waals surface area contributed by atoms with E-state index < -0.39 is 12.1 Å². The van der Waals surface area contributed by atoms with Gasteiger partial charge in [-0.25, -0.2) is 0 Å². The first-order valence-electron chi connectivity index (χ1n) is 5.29. The highest BCUT2D eigenvalue weighted by Gasteiger charge is 2.07. The number of carbonyl (C=O) groups is 1. The smallest absolute Gasteiger partial charge is 0.303 e. The number of para-hydroxylation sites is 1. The number of benzene rings is 1. The first kappa shape index (κ1) is 12.5. The number of anilines is 1. The van der Waals surface area contributed by atoms with Gasteiger partial charge in [0.25, 0.3) is 0 Å². The Labute approximate surface area is 94.9 Å². The molecule has 4 heteroatoms. The minimum atomic E-state index is -0.880. The Bertz CT molecular complexity index is 352. The van der Waals surface area contributed by atoms with E-state index in [0.29, 0.717) is 6.54 Å². The monoisotopic (exact) mass is 223 g/mol. The van der Waals surface area contributed by atoms with Crippen LogP contribution in [-0.4, -0.2) is 28.8 Å². The van der Waals surface area contributed by atoms with E-state index in [9.17, 15) is 9.90 Å². The number of hydrogen-bond donors (Lipinski definition) is 3. The van der Waals surface area contributed by atoms with Crippen molar-refractivity contribution in [3.05, 3.63) is 29.8 Å². The lowest BCUT2D eigenvalue weighted by Gasteiger charge is -2.13. The van der Waals surface area contributed by atoms with Gasteiger partial charge in [-0.2, -0.15) is 0 Å². The molecule has 4 nitrogen and oxygen atoms in total. The molecule has 0 bridgehead atoms. The molecule has 1 aromatic rings. The number of aliphatic hydroxyl groups is 1. The Balaban J connectivity index is 2.34. The lowest BCUT2D eigenvalue weighted by atomic mass is 10.1. The van der Waals surface area contributed by atoms with Crippen LogP contribution in [0.2, 0.25) is 0 Å². The predicted octanol–water partition coefficient (Wildman–Crippen LogP) is 1.63. The lowest BCUT2D eigenvalue weighted by molar-refractivity contribution is -0.137. The summed E-state index contributed by atoms with van der Waals surface area (Å²) in [5.74, 6) is -0.880. The molecule has 1 unspecified atom stereocenters. The quantitative estimate of drug-likeness (QED) is 0.685. The van der Waals surface area contributed by atoms with Crippen LogP contribution < -0.4 is 5.32 Å². The van der Waals surface area contributed by atoms with Crippen LogP contribution >= 0.6 is 0 Å². The summed E-state index contributed by atoms with van der Waals surface area (Å²) in [6, 6.07) is 7.77. The number of aliphatic hydroxyl groups excluding tert-OH is 1. The highest BCUT2D eigenvalue weighted by molar-refractivity contribution is 5.66. The third kappa shape index (κ3) is 4.31. The van der Waals surface area contributed by atoms with E-state index in [4.69, 9.17) is 5.11 Å². The molecule has 0 spiro atoms. The summed E-state index contributed by atoms with van der Waals surface area (Å²) < 4.78 is 0. The fraction of sp³-hybridized carbons (Fsp3) is 0.417. The Kier molecular flexibility index (Phi) is 4.79. The van der Waals surface area contributed by atoms with Crippen LogP contribution in [0.5, 0.6) is 0 Å². The summed E-state index contributed by atoms with van der Waals surface area (Å²) in [6.07, 6.45) is -0.360. The van der Waals surface area contributed by atoms with Crippen LogP contribution in [0.3, 0.4) is 0 Å². The molecular weight excluding hydrogens is 206 g/mol. The predicted molar refractivity (Wildman–Crippen MR) is 62.5 cm³/mol. The van der Waals surface area contributed by atoms with Gasteiger partial charge in [0.1, 0.15) is 0 Å². The van der Waals surface area contributed by atoms with Crippen molar-refractivity contribution in [3.63, 3.8) is 0 Å². The molecule has 0 saturated carbocycles.